The topological polar surface area (TPSA) is 56.0 Å². The predicted octanol–water partition coefficient (Wildman–Crippen LogP) is 3.18. The highest BCUT2D eigenvalue weighted by Gasteiger charge is 2.22. The van der Waals surface area contributed by atoms with Crippen molar-refractivity contribution >= 4 is 22.4 Å². The molecule has 102 valence electrons. The van der Waals surface area contributed by atoms with E-state index in [-0.39, 0.29) is 22.2 Å². The molecule has 7 heteroatoms. The summed E-state index contributed by atoms with van der Waals surface area (Å²) in [6.07, 6.45) is 0. The zero-order valence-corrected chi connectivity index (χ0v) is 12.0. The lowest BCUT2D eigenvalue weighted by molar-refractivity contribution is 0.375. The molecule has 0 aliphatic rings. The highest BCUT2D eigenvalue weighted by atomic mass is 35.5. The average Bonchev–Trinajstić information content (AvgIpc) is 2.79. The van der Waals surface area contributed by atoms with Crippen LogP contribution in [0.5, 0.6) is 0 Å². The summed E-state index contributed by atoms with van der Waals surface area (Å²) in [4.78, 5) is 4.02. The van der Waals surface area contributed by atoms with Gasteiger partial charge in [-0.25, -0.2) is 4.39 Å². The van der Waals surface area contributed by atoms with Crippen LogP contribution in [0.25, 0.3) is 0 Å². The van der Waals surface area contributed by atoms with Gasteiger partial charge in [-0.3, -0.25) is 4.21 Å². The summed E-state index contributed by atoms with van der Waals surface area (Å²) < 4.78 is 30.8. The molecule has 19 heavy (non-hydrogen) atoms. The first-order chi connectivity index (χ1) is 8.99. The predicted molar refractivity (Wildman–Crippen MR) is 70.7 cm³/mol. The van der Waals surface area contributed by atoms with E-state index in [9.17, 15) is 8.60 Å². The first kappa shape index (κ1) is 14.1. The van der Waals surface area contributed by atoms with Crippen molar-refractivity contribution in [3.8, 4) is 0 Å². The van der Waals surface area contributed by atoms with E-state index in [0.717, 1.165) is 0 Å². The Bertz CT molecular complexity index is 597. The Labute approximate surface area is 117 Å². The molecule has 2 atom stereocenters. The van der Waals surface area contributed by atoms with Crippen molar-refractivity contribution in [1.82, 2.24) is 10.1 Å². The quantitative estimate of drug-likeness (QED) is 0.870. The van der Waals surface area contributed by atoms with E-state index in [0.29, 0.717) is 5.82 Å². The van der Waals surface area contributed by atoms with Crippen molar-refractivity contribution in [3.63, 3.8) is 0 Å². The number of aryl methyl sites for hydroxylation is 1. The second-order valence-corrected chi connectivity index (χ2v) is 6.21. The maximum atomic E-state index is 13.6. The average molecular weight is 303 g/mol. The van der Waals surface area contributed by atoms with Crippen LogP contribution in [0.4, 0.5) is 4.39 Å². The molecule has 0 bridgehead atoms. The van der Waals surface area contributed by atoms with Gasteiger partial charge in [-0.2, -0.15) is 4.98 Å². The molecule has 2 unspecified atom stereocenters. The van der Waals surface area contributed by atoms with Gasteiger partial charge < -0.3 is 4.52 Å². The Morgan fingerprint density at radius 1 is 1.53 bits per heavy atom. The molecule has 0 amide bonds. The van der Waals surface area contributed by atoms with Crippen LogP contribution in [0.15, 0.2) is 22.7 Å². The van der Waals surface area contributed by atoms with Gasteiger partial charge in [0.05, 0.1) is 5.75 Å². The Morgan fingerprint density at radius 3 is 2.84 bits per heavy atom. The summed E-state index contributed by atoms with van der Waals surface area (Å²) >= 11 is 5.90. The van der Waals surface area contributed by atoms with Gasteiger partial charge in [0.25, 0.3) is 0 Å². The molecule has 0 spiro atoms. The third-order valence-corrected chi connectivity index (χ3v) is 4.55. The Hall–Kier alpha value is -1.27. The number of benzene rings is 1. The minimum absolute atomic E-state index is 0.00804. The van der Waals surface area contributed by atoms with Crippen molar-refractivity contribution in [2.24, 2.45) is 0 Å². The molecule has 1 aromatic heterocycles. The van der Waals surface area contributed by atoms with Crippen LogP contribution < -0.4 is 0 Å². The zero-order chi connectivity index (χ0) is 14.0. The smallest absolute Gasteiger partial charge is 0.242 e. The Balaban J connectivity index is 2.17. The van der Waals surface area contributed by atoms with Crippen LogP contribution in [-0.2, 0) is 16.6 Å². The lowest BCUT2D eigenvalue weighted by atomic mass is 10.2. The second kappa shape index (κ2) is 5.79. The highest BCUT2D eigenvalue weighted by molar-refractivity contribution is 7.84. The van der Waals surface area contributed by atoms with Gasteiger partial charge in [0, 0.05) is 21.4 Å². The van der Waals surface area contributed by atoms with Crippen molar-refractivity contribution < 1.29 is 13.1 Å². The molecular weight excluding hydrogens is 291 g/mol. The maximum absolute atomic E-state index is 13.6. The van der Waals surface area contributed by atoms with E-state index in [4.69, 9.17) is 16.1 Å². The van der Waals surface area contributed by atoms with Gasteiger partial charge in [0.1, 0.15) is 11.1 Å². The molecule has 0 aliphatic heterocycles. The Morgan fingerprint density at radius 2 is 2.26 bits per heavy atom. The van der Waals surface area contributed by atoms with Crippen LogP contribution in [0.2, 0.25) is 5.02 Å². The highest BCUT2D eigenvalue weighted by Crippen LogP contribution is 2.25. The monoisotopic (exact) mass is 302 g/mol. The van der Waals surface area contributed by atoms with Gasteiger partial charge in [0.2, 0.25) is 5.89 Å². The van der Waals surface area contributed by atoms with E-state index >= 15 is 0 Å². The van der Waals surface area contributed by atoms with Crippen LogP contribution >= 0.6 is 11.6 Å². The Kier molecular flexibility index (Phi) is 4.31. The zero-order valence-electron chi connectivity index (χ0n) is 10.4. The van der Waals surface area contributed by atoms with E-state index < -0.39 is 21.9 Å². The standard InChI is InChI=1S/C12H12ClFN2O2S/c1-7(12-15-8(2)16-18-12)19(17)6-9-10(13)4-3-5-11(9)14/h3-5,7H,6H2,1-2H3. The van der Waals surface area contributed by atoms with Crippen LogP contribution in [-0.4, -0.2) is 14.3 Å². The lowest BCUT2D eigenvalue weighted by Crippen LogP contribution is -2.07. The first-order valence-electron chi connectivity index (χ1n) is 5.59. The molecule has 0 saturated carbocycles. The fourth-order valence-corrected chi connectivity index (χ4v) is 2.99. The molecule has 2 rings (SSSR count). The number of nitrogens with zero attached hydrogens (tertiary/aromatic N) is 2. The van der Waals surface area contributed by atoms with Crippen molar-refractivity contribution in [2.45, 2.75) is 24.9 Å². The van der Waals surface area contributed by atoms with Gasteiger partial charge in [-0.05, 0) is 26.0 Å². The summed E-state index contributed by atoms with van der Waals surface area (Å²) in [6.45, 7) is 3.37. The largest absolute Gasteiger partial charge is 0.338 e. The molecule has 0 saturated heterocycles. The number of halogens is 2. The van der Waals surface area contributed by atoms with E-state index in [1.807, 2.05) is 0 Å². The number of aromatic nitrogens is 2. The molecule has 1 aromatic carbocycles. The third kappa shape index (κ3) is 3.19. The number of hydrogen-bond acceptors (Lipinski definition) is 4. The van der Waals surface area contributed by atoms with E-state index in [1.54, 1.807) is 19.9 Å². The third-order valence-electron chi connectivity index (χ3n) is 2.63. The summed E-state index contributed by atoms with van der Waals surface area (Å²) in [5, 5.41) is 3.43. The van der Waals surface area contributed by atoms with Crippen LogP contribution in [0, 0.1) is 12.7 Å². The van der Waals surface area contributed by atoms with Crippen LogP contribution in [0.1, 0.15) is 29.5 Å². The molecule has 0 radical (unpaired) electrons. The summed E-state index contributed by atoms with van der Waals surface area (Å²) in [5.74, 6) is 0.300. The SMILES string of the molecule is Cc1noc(C(C)S(=O)Cc2c(F)cccc2Cl)n1. The van der Waals surface area contributed by atoms with Crippen molar-refractivity contribution in [1.29, 1.82) is 0 Å². The minimum Gasteiger partial charge on any atom is -0.338 e. The minimum atomic E-state index is -1.39. The summed E-state index contributed by atoms with van der Waals surface area (Å²) in [7, 11) is -1.39. The second-order valence-electron chi connectivity index (χ2n) is 4.05. The van der Waals surface area contributed by atoms with Gasteiger partial charge in [0.15, 0.2) is 5.82 Å². The van der Waals surface area contributed by atoms with E-state index in [1.165, 1.54) is 12.1 Å². The fraction of sp³-hybridized carbons (Fsp3) is 0.333. The summed E-state index contributed by atoms with van der Waals surface area (Å²) in [5.41, 5.74) is 0.241. The number of rotatable bonds is 4. The molecule has 2 aromatic rings. The molecule has 0 fully saturated rings. The van der Waals surface area contributed by atoms with Crippen molar-refractivity contribution in [2.75, 3.05) is 0 Å². The molecule has 0 N–H and O–H groups in total. The van der Waals surface area contributed by atoms with Gasteiger partial charge in [-0.1, -0.05) is 22.8 Å². The summed E-state index contributed by atoms with van der Waals surface area (Å²) in [6, 6.07) is 4.37. The van der Waals surface area contributed by atoms with Gasteiger partial charge >= 0.3 is 0 Å². The first-order valence-corrected chi connectivity index (χ1v) is 7.35. The molecule has 1 heterocycles. The van der Waals surface area contributed by atoms with Crippen molar-refractivity contribution in [3.05, 3.63) is 46.3 Å². The number of hydrogen-bond donors (Lipinski definition) is 0. The molecule has 0 aliphatic carbocycles. The normalized spacial score (nSPS) is 14.3. The lowest BCUT2D eigenvalue weighted by Gasteiger charge is -2.09. The van der Waals surface area contributed by atoms with E-state index in [2.05, 4.69) is 10.1 Å². The molecule has 4 nitrogen and oxygen atoms in total. The van der Waals surface area contributed by atoms with Crippen LogP contribution in [0.3, 0.4) is 0 Å². The molecular formula is C12H12ClFN2O2S. The fourth-order valence-electron chi connectivity index (χ4n) is 1.53. The maximum Gasteiger partial charge on any atom is 0.242 e. The van der Waals surface area contributed by atoms with Gasteiger partial charge in [-0.15, -0.1) is 0 Å².